The molecule has 2 heterocycles. The molecule has 2 aliphatic rings. The van der Waals surface area contributed by atoms with Gasteiger partial charge in [-0.3, -0.25) is 9.59 Å². The third kappa shape index (κ3) is 5.40. The minimum absolute atomic E-state index is 0.0825. The van der Waals surface area contributed by atoms with Crippen molar-refractivity contribution in [3.63, 3.8) is 0 Å². The maximum absolute atomic E-state index is 13.5. The first-order valence-corrected chi connectivity index (χ1v) is 11.6. The Morgan fingerprint density at radius 1 is 1.11 bits per heavy atom. The molecule has 186 valence electrons. The average molecular weight is 482 g/mol. The van der Waals surface area contributed by atoms with Crippen LogP contribution in [0.3, 0.4) is 0 Å². The van der Waals surface area contributed by atoms with Crippen LogP contribution in [0.5, 0.6) is 17.2 Å². The number of benzene rings is 2. The second-order valence-electron chi connectivity index (χ2n) is 8.75. The first-order chi connectivity index (χ1) is 16.9. The van der Waals surface area contributed by atoms with Gasteiger partial charge in [-0.25, -0.2) is 5.01 Å². The molecule has 9 heteroatoms. The van der Waals surface area contributed by atoms with E-state index in [2.05, 4.69) is 0 Å². The molecule has 0 radical (unpaired) electrons. The molecule has 0 fully saturated rings. The molecule has 0 saturated carbocycles. The van der Waals surface area contributed by atoms with E-state index in [1.165, 1.54) is 9.91 Å². The van der Waals surface area contributed by atoms with Crippen molar-refractivity contribution in [2.45, 2.75) is 26.3 Å². The monoisotopic (exact) mass is 481 g/mol. The molecule has 0 aromatic heterocycles. The average Bonchev–Trinajstić information content (AvgIpc) is 3.53. The molecule has 2 aromatic rings. The van der Waals surface area contributed by atoms with E-state index in [-0.39, 0.29) is 37.1 Å². The van der Waals surface area contributed by atoms with E-state index in [1.807, 2.05) is 56.3 Å². The van der Waals surface area contributed by atoms with E-state index >= 15 is 0 Å². The Hall–Kier alpha value is -3.59. The van der Waals surface area contributed by atoms with E-state index in [0.29, 0.717) is 31.1 Å². The van der Waals surface area contributed by atoms with Crippen LogP contribution in [0, 0.1) is 5.92 Å². The van der Waals surface area contributed by atoms with E-state index < -0.39 is 0 Å². The topological polar surface area (TPSA) is 89.9 Å². The molecule has 4 rings (SSSR count). The molecule has 1 atom stereocenters. The Morgan fingerprint density at radius 3 is 2.54 bits per heavy atom. The van der Waals surface area contributed by atoms with Crippen molar-refractivity contribution in [3.8, 4) is 17.2 Å². The maximum atomic E-state index is 13.5. The molecule has 0 spiro atoms. The van der Waals surface area contributed by atoms with Crippen LogP contribution < -0.4 is 14.2 Å². The third-order valence-corrected chi connectivity index (χ3v) is 6.07. The number of ether oxygens (including phenoxy) is 4. The van der Waals surface area contributed by atoms with Gasteiger partial charge < -0.3 is 23.8 Å². The minimum atomic E-state index is -0.340. The Labute approximate surface area is 205 Å². The molecule has 2 amide bonds. The molecule has 0 bridgehead atoms. The molecule has 0 aliphatic carbocycles. The molecular weight excluding hydrogens is 450 g/mol. The van der Waals surface area contributed by atoms with Gasteiger partial charge in [-0.05, 0) is 47.5 Å². The zero-order valence-corrected chi connectivity index (χ0v) is 20.5. The molecule has 9 nitrogen and oxygen atoms in total. The van der Waals surface area contributed by atoms with E-state index in [0.717, 1.165) is 22.6 Å². The van der Waals surface area contributed by atoms with Gasteiger partial charge >= 0.3 is 0 Å². The van der Waals surface area contributed by atoms with Crippen molar-refractivity contribution in [1.29, 1.82) is 0 Å². The van der Waals surface area contributed by atoms with Gasteiger partial charge in [0.15, 0.2) is 11.5 Å². The lowest BCUT2D eigenvalue weighted by Crippen LogP contribution is -2.44. The van der Waals surface area contributed by atoms with Crippen molar-refractivity contribution in [1.82, 2.24) is 9.91 Å². The molecule has 2 aromatic carbocycles. The third-order valence-electron chi connectivity index (χ3n) is 6.07. The molecule has 0 N–H and O–H groups in total. The van der Waals surface area contributed by atoms with Gasteiger partial charge in [0.05, 0.1) is 25.5 Å². The summed E-state index contributed by atoms with van der Waals surface area (Å²) in [4.78, 5) is 27.8. The maximum Gasteiger partial charge on any atom is 0.262 e. The summed E-state index contributed by atoms with van der Waals surface area (Å²) in [6, 6.07) is 12.9. The highest BCUT2D eigenvalue weighted by atomic mass is 16.7. The summed E-state index contributed by atoms with van der Waals surface area (Å²) in [5.41, 5.74) is 2.57. The fourth-order valence-corrected chi connectivity index (χ4v) is 4.15. The summed E-state index contributed by atoms with van der Waals surface area (Å²) in [5.74, 6) is 1.46. The largest absolute Gasteiger partial charge is 0.497 e. The highest BCUT2D eigenvalue weighted by Gasteiger charge is 2.35. The number of rotatable bonds is 9. The quantitative estimate of drug-likeness (QED) is 0.546. The number of amides is 2. The van der Waals surface area contributed by atoms with E-state index in [4.69, 9.17) is 24.0 Å². The Morgan fingerprint density at radius 2 is 1.86 bits per heavy atom. The zero-order valence-electron chi connectivity index (χ0n) is 20.5. The predicted octanol–water partition coefficient (Wildman–Crippen LogP) is 3.23. The van der Waals surface area contributed by atoms with Gasteiger partial charge in [-0.15, -0.1) is 0 Å². The number of fused-ring (bicyclic) bond motifs is 1. The lowest BCUT2D eigenvalue weighted by atomic mass is 9.98. The molecular formula is C26H31N3O6. The summed E-state index contributed by atoms with van der Waals surface area (Å²) >= 11 is 0. The van der Waals surface area contributed by atoms with Crippen LogP contribution in [0.15, 0.2) is 47.6 Å². The number of methoxy groups -OCH3 is 2. The van der Waals surface area contributed by atoms with Crippen LogP contribution in [0.1, 0.15) is 37.4 Å². The van der Waals surface area contributed by atoms with Crippen LogP contribution in [0.4, 0.5) is 0 Å². The minimum Gasteiger partial charge on any atom is -0.497 e. The molecule has 35 heavy (non-hydrogen) atoms. The van der Waals surface area contributed by atoms with Gasteiger partial charge in [0, 0.05) is 26.0 Å². The summed E-state index contributed by atoms with van der Waals surface area (Å²) in [6.07, 6.45) is 0.522. The molecule has 0 unspecified atom stereocenters. The Balaban J connectivity index is 1.63. The number of hydrazone groups is 1. The highest BCUT2D eigenvalue weighted by Crippen LogP contribution is 2.39. The van der Waals surface area contributed by atoms with Crippen molar-refractivity contribution in [2.24, 2.45) is 11.0 Å². The van der Waals surface area contributed by atoms with Crippen LogP contribution in [-0.4, -0.2) is 68.1 Å². The molecule has 0 saturated heterocycles. The Kier molecular flexibility index (Phi) is 7.55. The van der Waals surface area contributed by atoms with E-state index in [9.17, 15) is 9.59 Å². The standard InChI is InChI=1S/C26H31N3O6/c1-17(2)26(31)28(11-12-32-3)15-25(30)29-22(19-7-10-23-24(13-19)35-16-34-23)14-21(27-29)18-5-8-20(33-4)9-6-18/h5-10,13,17,22H,11-12,14-16H2,1-4H3/t22-/m0/s1. The van der Waals surface area contributed by atoms with Gasteiger partial charge in [-0.2, -0.15) is 5.10 Å². The first-order valence-electron chi connectivity index (χ1n) is 11.6. The highest BCUT2D eigenvalue weighted by molar-refractivity contribution is 6.03. The van der Waals surface area contributed by atoms with Crippen molar-refractivity contribution in [2.75, 3.05) is 40.7 Å². The number of carbonyl (C=O) groups is 2. The van der Waals surface area contributed by atoms with Crippen LogP contribution in [0.25, 0.3) is 0 Å². The summed E-state index contributed by atoms with van der Waals surface area (Å²) in [6.45, 7) is 4.40. The van der Waals surface area contributed by atoms with E-state index in [1.54, 1.807) is 14.2 Å². The number of carbonyl (C=O) groups excluding carboxylic acids is 2. The Bertz CT molecular complexity index is 1100. The predicted molar refractivity (Wildman–Crippen MR) is 130 cm³/mol. The number of hydrogen-bond acceptors (Lipinski definition) is 7. The van der Waals surface area contributed by atoms with Crippen molar-refractivity contribution >= 4 is 17.5 Å². The van der Waals surface area contributed by atoms with Crippen molar-refractivity contribution in [3.05, 3.63) is 53.6 Å². The smallest absolute Gasteiger partial charge is 0.262 e. The fourth-order valence-electron chi connectivity index (χ4n) is 4.15. The molecule has 2 aliphatic heterocycles. The summed E-state index contributed by atoms with van der Waals surface area (Å²) < 4.78 is 21.4. The van der Waals surface area contributed by atoms with Crippen LogP contribution in [0.2, 0.25) is 0 Å². The van der Waals surface area contributed by atoms with Crippen LogP contribution >= 0.6 is 0 Å². The normalized spacial score (nSPS) is 16.4. The SMILES string of the molecule is COCCN(CC(=O)N1N=C(c2ccc(OC)cc2)C[C@H]1c1ccc2c(c1)OCO2)C(=O)C(C)C. The lowest BCUT2D eigenvalue weighted by Gasteiger charge is -2.28. The van der Waals surface area contributed by atoms with Gasteiger partial charge in [0.1, 0.15) is 12.3 Å². The first kappa shape index (κ1) is 24.5. The second-order valence-corrected chi connectivity index (χ2v) is 8.75. The van der Waals surface area contributed by atoms with Gasteiger partial charge in [0.25, 0.3) is 5.91 Å². The fraction of sp³-hybridized carbons (Fsp3) is 0.423. The number of hydrogen-bond donors (Lipinski definition) is 0. The number of nitrogens with zero attached hydrogens (tertiary/aromatic N) is 3. The van der Waals surface area contributed by atoms with Crippen molar-refractivity contribution < 1.29 is 28.5 Å². The van der Waals surface area contributed by atoms with Crippen LogP contribution in [-0.2, 0) is 14.3 Å². The lowest BCUT2D eigenvalue weighted by molar-refractivity contribution is -0.143. The summed E-state index contributed by atoms with van der Waals surface area (Å²) in [5, 5.41) is 6.21. The summed E-state index contributed by atoms with van der Waals surface area (Å²) in [7, 11) is 3.19. The second kappa shape index (κ2) is 10.8. The van der Waals surface area contributed by atoms with Gasteiger partial charge in [0.2, 0.25) is 12.7 Å². The van der Waals surface area contributed by atoms with Gasteiger partial charge in [-0.1, -0.05) is 19.9 Å². The zero-order chi connectivity index (χ0) is 24.9.